The fraction of sp³-hybridized carbons (Fsp3) is 1.00. The third-order valence-electron chi connectivity index (χ3n) is 3.10. The number of hydrogen-bond acceptors (Lipinski definition) is 3. The van der Waals surface area contributed by atoms with E-state index in [0.717, 1.165) is 25.6 Å². The second kappa shape index (κ2) is 6.38. The summed E-state index contributed by atoms with van der Waals surface area (Å²) in [5.41, 5.74) is 5.46. The van der Waals surface area contributed by atoms with Crippen molar-refractivity contribution in [3.8, 4) is 0 Å². The third-order valence-corrected chi connectivity index (χ3v) is 3.10. The Hall–Kier alpha value is -0.120. The van der Waals surface area contributed by atoms with Gasteiger partial charge in [0.05, 0.1) is 6.10 Å². The predicted molar refractivity (Wildman–Crippen MR) is 59.4 cm³/mol. The molecule has 1 saturated heterocycles. The van der Waals surface area contributed by atoms with Crippen molar-refractivity contribution < 1.29 is 4.74 Å². The van der Waals surface area contributed by atoms with Gasteiger partial charge in [-0.1, -0.05) is 0 Å². The molecule has 0 bridgehead atoms. The lowest BCUT2D eigenvalue weighted by molar-refractivity contribution is 0.0501. The zero-order chi connectivity index (χ0) is 10.4. The molecule has 3 nitrogen and oxygen atoms in total. The minimum atomic E-state index is 0.326. The third kappa shape index (κ3) is 3.95. The van der Waals surface area contributed by atoms with Gasteiger partial charge in [0, 0.05) is 12.6 Å². The van der Waals surface area contributed by atoms with Gasteiger partial charge in [-0.25, -0.2) is 0 Å². The first-order valence-corrected chi connectivity index (χ1v) is 5.76. The van der Waals surface area contributed by atoms with E-state index in [1.807, 2.05) is 0 Å². The number of ether oxygens (including phenoxy) is 1. The zero-order valence-electron chi connectivity index (χ0n) is 9.54. The van der Waals surface area contributed by atoms with Crippen LogP contribution < -0.4 is 5.73 Å². The molecule has 0 aromatic heterocycles. The van der Waals surface area contributed by atoms with Gasteiger partial charge < -0.3 is 15.4 Å². The van der Waals surface area contributed by atoms with E-state index in [4.69, 9.17) is 10.5 Å². The highest BCUT2D eigenvalue weighted by atomic mass is 16.5. The van der Waals surface area contributed by atoms with Crippen molar-refractivity contribution >= 4 is 0 Å². The molecule has 2 atom stereocenters. The van der Waals surface area contributed by atoms with Gasteiger partial charge in [-0.15, -0.1) is 0 Å². The standard InChI is InChI=1S/C11H24N2O/c1-10(5-7-12)14-9-6-11-4-3-8-13(11)2/h10-11H,3-9,12H2,1-2H3. The Morgan fingerprint density at radius 1 is 1.57 bits per heavy atom. The molecule has 1 heterocycles. The Morgan fingerprint density at radius 3 is 2.93 bits per heavy atom. The molecular formula is C11H24N2O. The van der Waals surface area contributed by atoms with Crippen LogP contribution in [0.4, 0.5) is 0 Å². The van der Waals surface area contributed by atoms with Crippen LogP contribution >= 0.6 is 0 Å². The van der Waals surface area contributed by atoms with Crippen molar-refractivity contribution in [3.05, 3.63) is 0 Å². The second-order valence-corrected chi connectivity index (χ2v) is 4.32. The quantitative estimate of drug-likeness (QED) is 0.701. The van der Waals surface area contributed by atoms with Crippen LogP contribution in [0.25, 0.3) is 0 Å². The van der Waals surface area contributed by atoms with Crippen LogP contribution in [0.5, 0.6) is 0 Å². The highest BCUT2D eigenvalue weighted by Gasteiger charge is 2.20. The lowest BCUT2D eigenvalue weighted by Gasteiger charge is -2.20. The van der Waals surface area contributed by atoms with E-state index in [1.165, 1.54) is 25.8 Å². The Morgan fingerprint density at radius 2 is 2.36 bits per heavy atom. The second-order valence-electron chi connectivity index (χ2n) is 4.32. The Labute approximate surface area is 87.6 Å². The van der Waals surface area contributed by atoms with E-state index in [-0.39, 0.29) is 0 Å². The average molecular weight is 200 g/mol. The maximum absolute atomic E-state index is 5.69. The molecule has 0 aromatic rings. The van der Waals surface area contributed by atoms with Crippen LogP contribution in [0, 0.1) is 0 Å². The number of nitrogens with zero attached hydrogens (tertiary/aromatic N) is 1. The van der Waals surface area contributed by atoms with Gasteiger partial charge in [-0.2, -0.15) is 0 Å². The van der Waals surface area contributed by atoms with Gasteiger partial charge in [-0.05, 0) is 52.7 Å². The summed E-state index contributed by atoms with van der Waals surface area (Å²) < 4.78 is 5.69. The molecule has 0 radical (unpaired) electrons. The number of rotatable bonds is 6. The maximum Gasteiger partial charge on any atom is 0.0559 e. The van der Waals surface area contributed by atoms with E-state index in [2.05, 4.69) is 18.9 Å². The van der Waals surface area contributed by atoms with Crippen molar-refractivity contribution in [1.82, 2.24) is 4.90 Å². The van der Waals surface area contributed by atoms with Gasteiger partial charge in [0.25, 0.3) is 0 Å². The molecule has 0 spiro atoms. The molecule has 1 aliphatic heterocycles. The largest absolute Gasteiger partial charge is 0.378 e. The summed E-state index contributed by atoms with van der Waals surface area (Å²) in [6, 6.07) is 0.750. The topological polar surface area (TPSA) is 38.5 Å². The van der Waals surface area contributed by atoms with Gasteiger partial charge in [0.15, 0.2) is 0 Å². The smallest absolute Gasteiger partial charge is 0.0559 e. The number of hydrogen-bond donors (Lipinski definition) is 1. The monoisotopic (exact) mass is 200 g/mol. The minimum absolute atomic E-state index is 0.326. The highest BCUT2D eigenvalue weighted by Crippen LogP contribution is 2.17. The SMILES string of the molecule is CC(CCN)OCCC1CCCN1C. The van der Waals surface area contributed by atoms with E-state index in [0.29, 0.717) is 6.10 Å². The molecule has 2 unspecified atom stereocenters. The number of nitrogens with two attached hydrogens (primary N) is 1. The molecule has 14 heavy (non-hydrogen) atoms. The van der Waals surface area contributed by atoms with Crippen LogP contribution in [0.2, 0.25) is 0 Å². The first-order valence-electron chi connectivity index (χ1n) is 5.76. The zero-order valence-corrected chi connectivity index (χ0v) is 9.54. The number of likely N-dealkylation sites (tertiary alicyclic amines) is 1. The fourth-order valence-corrected chi connectivity index (χ4v) is 2.07. The Bertz CT molecular complexity index is 152. The summed E-state index contributed by atoms with van der Waals surface area (Å²) >= 11 is 0. The summed E-state index contributed by atoms with van der Waals surface area (Å²) in [4.78, 5) is 2.44. The first kappa shape index (κ1) is 12.0. The van der Waals surface area contributed by atoms with Crippen molar-refractivity contribution in [1.29, 1.82) is 0 Å². The lowest BCUT2D eigenvalue weighted by atomic mass is 10.1. The summed E-state index contributed by atoms with van der Waals surface area (Å²) in [6.45, 7) is 4.97. The van der Waals surface area contributed by atoms with E-state index < -0.39 is 0 Å². The lowest BCUT2D eigenvalue weighted by Crippen LogP contribution is -2.27. The molecule has 3 heteroatoms. The Balaban J connectivity index is 2.03. The van der Waals surface area contributed by atoms with E-state index in [1.54, 1.807) is 0 Å². The van der Waals surface area contributed by atoms with Gasteiger partial charge in [0.1, 0.15) is 0 Å². The van der Waals surface area contributed by atoms with Crippen molar-refractivity contribution in [2.45, 2.75) is 44.8 Å². The predicted octanol–water partition coefficient (Wildman–Crippen LogP) is 1.22. The summed E-state index contributed by atoms with van der Waals surface area (Å²) in [5.74, 6) is 0. The summed E-state index contributed by atoms with van der Waals surface area (Å²) in [5, 5.41) is 0. The Kier molecular flexibility index (Phi) is 5.45. The van der Waals surface area contributed by atoms with Gasteiger partial charge >= 0.3 is 0 Å². The molecule has 1 aliphatic rings. The molecule has 0 aromatic carbocycles. The molecular weight excluding hydrogens is 176 g/mol. The van der Waals surface area contributed by atoms with Gasteiger partial charge in [-0.3, -0.25) is 0 Å². The van der Waals surface area contributed by atoms with Crippen molar-refractivity contribution in [2.75, 3.05) is 26.7 Å². The molecule has 2 N–H and O–H groups in total. The fourth-order valence-electron chi connectivity index (χ4n) is 2.07. The van der Waals surface area contributed by atoms with Crippen molar-refractivity contribution in [2.24, 2.45) is 5.73 Å². The molecule has 1 fully saturated rings. The molecule has 0 saturated carbocycles. The van der Waals surface area contributed by atoms with Crippen molar-refractivity contribution in [3.63, 3.8) is 0 Å². The molecule has 1 rings (SSSR count). The van der Waals surface area contributed by atoms with Gasteiger partial charge in [0.2, 0.25) is 0 Å². The van der Waals surface area contributed by atoms with Crippen LogP contribution in [0.3, 0.4) is 0 Å². The maximum atomic E-state index is 5.69. The van der Waals surface area contributed by atoms with Crippen LogP contribution in [0.15, 0.2) is 0 Å². The van der Waals surface area contributed by atoms with Crippen LogP contribution in [-0.4, -0.2) is 43.8 Å². The molecule has 0 aliphatic carbocycles. The normalized spacial score (nSPS) is 25.5. The van der Waals surface area contributed by atoms with E-state index in [9.17, 15) is 0 Å². The molecule has 84 valence electrons. The highest BCUT2D eigenvalue weighted by molar-refractivity contribution is 4.75. The molecule has 0 amide bonds. The summed E-state index contributed by atoms with van der Waals surface area (Å²) in [7, 11) is 2.21. The first-order chi connectivity index (χ1) is 6.74. The van der Waals surface area contributed by atoms with Crippen LogP contribution in [0.1, 0.15) is 32.6 Å². The van der Waals surface area contributed by atoms with E-state index >= 15 is 0 Å². The minimum Gasteiger partial charge on any atom is -0.378 e. The van der Waals surface area contributed by atoms with Crippen LogP contribution in [-0.2, 0) is 4.74 Å². The average Bonchev–Trinajstić information content (AvgIpc) is 2.52. The summed E-state index contributed by atoms with van der Waals surface area (Å²) in [6.07, 6.45) is 5.16.